The summed E-state index contributed by atoms with van der Waals surface area (Å²) in [5.74, 6) is -0.158. The van der Waals surface area contributed by atoms with E-state index in [1.54, 1.807) is 31.2 Å². The van der Waals surface area contributed by atoms with Crippen molar-refractivity contribution < 1.29 is 9.90 Å². The predicted octanol–water partition coefficient (Wildman–Crippen LogP) is 2.11. The summed E-state index contributed by atoms with van der Waals surface area (Å²) in [6.45, 7) is 7.85. The van der Waals surface area contributed by atoms with Crippen LogP contribution in [0.5, 0.6) is 0 Å². The molecule has 2 atom stereocenters. The van der Waals surface area contributed by atoms with Gasteiger partial charge in [-0.3, -0.25) is 9.59 Å². The average molecular weight is 331 g/mol. The molecule has 2 unspecified atom stereocenters. The smallest absolute Gasteiger partial charge is 0.274 e. The van der Waals surface area contributed by atoms with Crippen LogP contribution in [-0.4, -0.2) is 33.4 Å². The van der Waals surface area contributed by atoms with E-state index < -0.39 is 6.10 Å². The molecule has 2 rings (SSSR count). The highest BCUT2D eigenvalue weighted by atomic mass is 16.3. The third-order valence-corrected chi connectivity index (χ3v) is 3.89. The first kappa shape index (κ1) is 18.1. The number of nitrogens with zero attached hydrogens (tertiary/aromatic N) is 2. The highest BCUT2D eigenvalue weighted by molar-refractivity contribution is 6.04. The summed E-state index contributed by atoms with van der Waals surface area (Å²) in [5.41, 5.74) is 0.0581. The zero-order valence-corrected chi connectivity index (χ0v) is 14.6. The second-order valence-corrected chi connectivity index (χ2v) is 6.64. The molecule has 0 saturated carbocycles. The SMILES string of the molecule is CC(O)CC(C)CNC(=O)c1nn(C(C)C)c(=O)c2ccccc12. The zero-order chi connectivity index (χ0) is 17.9. The molecular weight excluding hydrogens is 306 g/mol. The molecule has 6 heteroatoms. The summed E-state index contributed by atoms with van der Waals surface area (Å²) >= 11 is 0. The van der Waals surface area contributed by atoms with Gasteiger partial charge < -0.3 is 10.4 Å². The summed E-state index contributed by atoms with van der Waals surface area (Å²) in [6.07, 6.45) is 0.207. The Bertz CT molecular complexity index is 781. The van der Waals surface area contributed by atoms with Gasteiger partial charge in [0.05, 0.1) is 17.5 Å². The maximum atomic E-state index is 12.6. The van der Waals surface area contributed by atoms with Crippen LogP contribution >= 0.6 is 0 Å². The molecule has 6 nitrogen and oxygen atoms in total. The Morgan fingerprint density at radius 3 is 2.42 bits per heavy atom. The Balaban J connectivity index is 2.35. The van der Waals surface area contributed by atoms with Crippen molar-refractivity contribution >= 4 is 16.7 Å². The van der Waals surface area contributed by atoms with E-state index in [-0.39, 0.29) is 29.1 Å². The molecular formula is C18H25N3O3. The topological polar surface area (TPSA) is 84.2 Å². The molecule has 0 fully saturated rings. The summed E-state index contributed by atoms with van der Waals surface area (Å²) in [4.78, 5) is 25.1. The van der Waals surface area contributed by atoms with Crippen molar-refractivity contribution in [2.75, 3.05) is 6.54 Å². The van der Waals surface area contributed by atoms with Crippen molar-refractivity contribution in [1.82, 2.24) is 15.1 Å². The normalized spacial score (nSPS) is 13.9. The lowest BCUT2D eigenvalue weighted by molar-refractivity contribution is 0.0933. The molecule has 1 heterocycles. The highest BCUT2D eigenvalue weighted by Crippen LogP contribution is 2.15. The van der Waals surface area contributed by atoms with E-state index >= 15 is 0 Å². The van der Waals surface area contributed by atoms with Crippen molar-refractivity contribution in [3.8, 4) is 0 Å². The lowest BCUT2D eigenvalue weighted by Crippen LogP contribution is -2.33. The van der Waals surface area contributed by atoms with Gasteiger partial charge in [-0.05, 0) is 39.2 Å². The minimum atomic E-state index is -0.404. The quantitative estimate of drug-likeness (QED) is 0.849. The second-order valence-electron chi connectivity index (χ2n) is 6.64. The number of fused-ring (bicyclic) bond motifs is 1. The van der Waals surface area contributed by atoms with Gasteiger partial charge in [-0.15, -0.1) is 0 Å². The number of carbonyl (C=O) groups is 1. The van der Waals surface area contributed by atoms with Gasteiger partial charge in [-0.25, -0.2) is 4.68 Å². The molecule has 0 aliphatic carbocycles. The Kier molecular flexibility index (Phi) is 5.72. The fourth-order valence-electron chi connectivity index (χ4n) is 2.74. The van der Waals surface area contributed by atoms with E-state index in [9.17, 15) is 14.7 Å². The van der Waals surface area contributed by atoms with E-state index in [0.29, 0.717) is 23.7 Å². The van der Waals surface area contributed by atoms with Crippen molar-refractivity contribution in [3.63, 3.8) is 0 Å². The molecule has 0 spiro atoms. The highest BCUT2D eigenvalue weighted by Gasteiger charge is 2.18. The zero-order valence-electron chi connectivity index (χ0n) is 14.6. The summed E-state index contributed by atoms with van der Waals surface area (Å²) < 4.78 is 1.34. The molecule has 130 valence electrons. The molecule has 0 saturated heterocycles. The van der Waals surface area contributed by atoms with Crippen LogP contribution in [0.2, 0.25) is 0 Å². The number of hydrogen-bond acceptors (Lipinski definition) is 4. The Labute approximate surface area is 141 Å². The molecule has 1 amide bonds. The standard InChI is InChI=1S/C18H25N3O3/c1-11(2)21-18(24)15-8-6-5-7-14(15)16(20-21)17(23)19-10-12(3)9-13(4)22/h5-8,11-13,22H,9-10H2,1-4H3,(H,19,23). The van der Waals surface area contributed by atoms with Gasteiger partial charge in [-0.1, -0.05) is 25.1 Å². The van der Waals surface area contributed by atoms with Crippen molar-refractivity contribution in [2.45, 2.75) is 46.3 Å². The van der Waals surface area contributed by atoms with E-state index in [1.807, 2.05) is 20.8 Å². The maximum absolute atomic E-state index is 12.6. The van der Waals surface area contributed by atoms with Crippen LogP contribution in [-0.2, 0) is 0 Å². The van der Waals surface area contributed by atoms with Gasteiger partial charge >= 0.3 is 0 Å². The number of hydrogen-bond donors (Lipinski definition) is 2. The third-order valence-electron chi connectivity index (χ3n) is 3.89. The second kappa shape index (κ2) is 7.57. The maximum Gasteiger partial charge on any atom is 0.274 e. The largest absolute Gasteiger partial charge is 0.393 e. The first-order valence-electron chi connectivity index (χ1n) is 8.29. The molecule has 0 aliphatic rings. The first-order chi connectivity index (χ1) is 11.3. The minimum absolute atomic E-state index is 0.136. The summed E-state index contributed by atoms with van der Waals surface area (Å²) in [5, 5.41) is 17.6. The molecule has 1 aromatic heterocycles. The number of benzene rings is 1. The Hall–Kier alpha value is -2.21. The summed E-state index contributed by atoms with van der Waals surface area (Å²) in [7, 11) is 0. The fourth-order valence-corrected chi connectivity index (χ4v) is 2.74. The number of aliphatic hydroxyl groups excluding tert-OH is 1. The number of rotatable bonds is 6. The third kappa shape index (κ3) is 4.00. The molecule has 2 N–H and O–H groups in total. The van der Waals surface area contributed by atoms with E-state index in [2.05, 4.69) is 10.4 Å². The van der Waals surface area contributed by atoms with Gasteiger partial charge in [-0.2, -0.15) is 5.10 Å². The van der Waals surface area contributed by atoms with Crippen LogP contribution in [0, 0.1) is 5.92 Å². The van der Waals surface area contributed by atoms with Crippen LogP contribution in [0.15, 0.2) is 29.1 Å². The van der Waals surface area contributed by atoms with Crippen LogP contribution < -0.4 is 10.9 Å². The van der Waals surface area contributed by atoms with Crippen LogP contribution in [0.3, 0.4) is 0 Å². The van der Waals surface area contributed by atoms with Gasteiger partial charge in [0.25, 0.3) is 11.5 Å². The molecule has 0 aliphatic heterocycles. The van der Waals surface area contributed by atoms with Gasteiger partial charge in [0, 0.05) is 11.9 Å². The van der Waals surface area contributed by atoms with Crippen LogP contribution in [0.25, 0.3) is 10.8 Å². The number of amides is 1. The summed E-state index contributed by atoms with van der Waals surface area (Å²) in [6, 6.07) is 6.88. The van der Waals surface area contributed by atoms with Crippen molar-refractivity contribution in [1.29, 1.82) is 0 Å². The van der Waals surface area contributed by atoms with Gasteiger partial charge in [0.2, 0.25) is 0 Å². The Morgan fingerprint density at radius 2 is 1.83 bits per heavy atom. The Morgan fingerprint density at radius 1 is 1.21 bits per heavy atom. The van der Waals surface area contributed by atoms with Gasteiger partial charge in [0.1, 0.15) is 0 Å². The van der Waals surface area contributed by atoms with Crippen molar-refractivity contribution in [2.24, 2.45) is 5.92 Å². The molecule has 1 aromatic carbocycles. The molecule has 2 aromatic rings. The lowest BCUT2D eigenvalue weighted by atomic mass is 10.0. The first-order valence-corrected chi connectivity index (χ1v) is 8.29. The number of nitrogens with one attached hydrogen (secondary N) is 1. The fraction of sp³-hybridized carbons (Fsp3) is 0.500. The van der Waals surface area contributed by atoms with Gasteiger partial charge in [0.15, 0.2) is 5.69 Å². The molecule has 0 bridgehead atoms. The lowest BCUT2D eigenvalue weighted by Gasteiger charge is -2.16. The number of aliphatic hydroxyl groups is 1. The van der Waals surface area contributed by atoms with E-state index in [0.717, 1.165) is 0 Å². The van der Waals surface area contributed by atoms with Crippen LogP contribution in [0.1, 0.15) is 50.6 Å². The monoisotopic (exact) mass is 331 g/mol. The van der Waals surface area contributed by atoms with Crippen LogP contribution in [0.4, 0.5) is 0 Å². The number of aromatic nitrogens is 2. The minimum Gasteiger partial charge on any atom is -0.393 e. The molecule has 24 heavy (non-hydrogen) atoms. The average Bonchev–Trinajstić information content (AvgIpc) is 2.52. The molecule has 0 radical (unpaired) electrons. The van der Waals surface area contributed by atoms with Crippen molar-refractivity contribution in [3.05, 3.63) is 40.3 Å². The predicted molar refractivity (Wildman–Crippen MR) is 94.2 cm³/mol. The van der Waals surface area contributed by atoms with E-state index in [4.69, 9.17) is 0 Å². The number of carbonyl (C=O) groups excluding carboxylic acids is 1. The van der Waals surface area contributed by atoms with E-state index in [1.165, 1.54) is 4.68 Å².